The number of amides is 4. The summed E-state index contributed by atoms with van der Waals surface area (Å²) in [5.74, 6) is -1.69. The van der Waals surface area contributed by atoms with E-state index in [1.165, 1.54) is 24.3 Å². The van der Waals surface area contributed by atoms with Crippen molar-refractivity contribution in [2.24, 2.45) is 5.73 Å². The van der Waals surface area contributed by atoms with E-state index in [4.69, 9.17) is 26.7 Å². The molecule has 0 spiro atoms. The highest BCUT2D eigenvalue weighted by Gasteiger charge is 2.36. The molecule has 2 unspecified atom stereocenters. The Balaban J connectivity index is 1.94. The van der Waals surface area contributed by atoms with Crippen molar-refractivity contribution in [2.45, 2.75) is 38.9 Å². The van der Waals surface area contributed by atoms with Gasteiger partial charge < -0.3 is 26.7 Å². The van der Waals surface area contributed by atoms with Gasteiger partial charge in [0.25, 0.3) is 5.91 Å². The Labute approximate surface area is 220 Å². The second kappa shape index (κ2) is 12.4. The third kappa shape index (κ3) is 6.67. The Kier molecular flexibility index (Phi) is 9.04. The average molecular weight is 519 g/mol. The molecule has 0 aliphatic carbocycles. The molecule has 4 amide bonds. The Morgan fingerprint density at radius 1 is 0.711 bits per heavy atom. The number of nitrogen functional groups attached to an aromatic ring is 2. The topological polar surface area (TPSA) is 168 Å². The maximum absolute atomic E-state index is 13.4. The van der Waals surface area contributed by atoms with Crippen molar-refractivity contribution in [1.29, 1.82) is 0 Å². The lowest BCUT2D eigenvalue weighted by atomic mass is 10.1. The minimum Gasteiger partial charge on any atom is -0.441 e. The Morgan fingerprint density at radius 3 is 1.50 bits per heavy atom. The van der Waals surface area contributed by atoms with Crippen LogP contribution in [0.15, 0.2) is 72.8 Å². The first kappa shape index (κ1) is 27.7. The summed E-state index contributed by atoms with van der Waals surface area (Å²) >= 11 is 0. The molecule has 6 N–H and O–H groups in total. The first-order chi connectivity index (χ1) is 18.1. The van der Waals surface area contributed by atoms with Gasteiger partial charge in [-0.2, -0.15) is 0 Å². The zero-order valence-corrected chi connectivity index (χ0v) is 21.1. The third-order valence-corrected chi connectivity index (χ3v) is 5.78. The molecule has 3 rings (SSSR count). The van der Waals surface area contributed by atoms with E-state index in [9.17, 15) is 19.2 Å². The summed E-state index contributed by atoms with van der Waals surface area (Å²) < 4.78 is 11.2. The number of imide groups is 3. The zero-order chi connectivity index (χ0) is 27.8. The maximum atomic E-state index is 13.4. The summed E-state index contributed by atoms with van der Waals surface area (Å²) in [6, 6.07) is 18.7. The normalized spacial score (nSPS) is 12.2. The molecule has 0 aliphatic heterocycles. The third-order valence-electron chi connectivity index (χ3n) is 5.78. The van der Waals surface area contributed by atoms with E-state index in [1.54, 1.807) is 62.4 Å². The van der Waals surface area contributed by atoms with Crippen molar-refractivity contribution in [1.82, 2.24) is 4.90 Å². The summed E-state index contributed by atoms with van der Waals surface area (Å²) in [6.45, 7) is 3.56. The molecule has 3 aromatic rings. The van der Waals surface area contributed by atoms with Gasteiger partial charge in [-0.1, -0.05) is 38.1 Å². The van der Waals surface area contributed by atoms with Crippen molar-refractivity contribution in [3.63, 3.8) is 0 Å². The van der Waals surface area contributed by atoms with Crippen molar-refractivity contribution in [2.75, 3.05) is 11.5 Å². The van der Waals surface area contributed by atoms with Crippen LogP contribution >= 0.6 is 0 Å². The number of ether oxygens (including phenoxy) is 2. The van der Waals surface area contributed by atoms with Crippen LogP contribution < -0.4 is 17.2 Å². The second-order valence-electron chi connectivity index (χ2n) is 8.48. The van der Waals surface area contributed by atoms with Crippen LogP contribution in [0.3, 0.4) is 0 Å². The first-order valence-corrected chi connectivity index (χ1v) is 12.0. The van der Waals surface area contributed by atoms with Crippen molar-refractivity contribution >= 4 is 35.4 Å². The second-order valence-corrected chi connectivity index (χ2v) is 8.48. The maximum Gasteiger partial charge on any atom is 0.427 e. The van der Waals surface area contributed by atoms with E-state index in [-0.39, 0.29) is 11.1 Å². The van der Waals surface area contributed by atoms with Crippen molar-refractivity contribution in [3.8, 4) is 0 Å². The fourth-order valence-corrected chi connectivity index (χ4v) is 3.79. The monoisotopic (exact) mass is 518 g/mol. The number of benzene rings is 3. The molecule has 0 heterocycles. The van der Waals surface area contributed by atoms with E-state index in [0.29, 0.717) is 40.2 Å². The molecular weight excluding hydrogens is 488 g/mol. The van der Waals surface area contributed by atoms with Crippen molar-refractivity contribution < 1.29 is 28.7 Å². The molecule has 0 aromatic heterocycles. The summed E-state index contributed by atoms with van der Waals surface area (Å²) in [6.07, 6.45) is -3.34. The van der Waals surface area contributed by atoms with Crippen LogP contribution in [0.2, 0.25) is 0 Å². The predicted molar refractivity (Wildman–Crippen MR) is 142 cm³/mol. The number of hydrogen-bond donors (Lipinski definition) is 3. The number of hydrogen-bond acceptors (Lipinski definition) is 8. The van der Waals surface area contributed by atoms with Crippen LogP contribution in [0.25, 0.3) is 0 Å². The number of carbonyl (C=O) groups excluding carboxylic acids is 4. The highest BCUT2D eigenvalue weighted by molar-refractivity contribution is 6.13. The number of rotatable bonds is 8. The molecule has 10 nitrogen and oxygen atoms in total. The van der Waals surface area contributed by atoms with E-state index >= 15 is 0 Å². The minimum absolute atomic E-state index is 0.0575. The lowest BCUT2D eigenvalue weighted by Crippen LogP contribution is -2.43. The van der Waals surface area contributed by atoms with Gasteiger partial charge in [-0.3, -0.25) is 9.59 Å². The number of carbonyl (C=O) groups is 4. The van der Waals surface area contributed by atoms with Crippen LogP contribution in [0.5, 0.6) is 0 Å². The molecule has 0 saturated carbocycles. The summed E-state index contributed by atoms with van der Waals surface area (Å²) in [7, 11) is 0. The van der Waals surface area contributed by atoms with Crippen LogP contribution in [0.1, 0.15) is 70.7 Å². The lowest BCUT2D eigenvalue weighted by molar-refractivity contribution is 0.0316. The molecule has 198 valence electrons. The molecule has 0 radical (unpaired) electrons. The average Bonchev–Trinajstić information content (AvgIpc) is 2.90. The lowest BCUT2D eigenvalue weighted by Gasteiger charge is -2.25. The first-order valence-electron chi connectivity index (χ1n) is 12.0. The smallest absolute Gasteiger partial charge is 0.427 e. The number of anilines is 2. The Morgan fingerprint density at radius 2 is 1.13 bits per heavy atom. The molecular formula is C28H30N4O6. The van der Waals surface area contributed by atoms with Crippen molar-refractivity contribution in [3.05, 3.63) is 95.1 Å². The molecule has 2 atom stereocenters. The van der Waals surface area contributed by atoms with Gasteiger partial charge in [0.15, 0.2) is 0 Å². The van der Waals surface area contributed by atoms with E-state index in [1.807, 2.05) is 0 Å². The van der Waals surface area contributed by atoms with Crippen LogP contribution in [0, 0.1) is 0 Å². The number of nitrogens with two attached hydrogens (primary N) is 3. The minimum atomic E-state index is -1.23. The highest BCUT2D eigenvalue weighted by atomic mass is 16.6. The van der Waals surface area contributed by atoms with Gasteiger partial charge >= 0.3 is 12.2 Å². The molecule has 3 aromatic carbocycles. The number of nitrogens with zero attached hydrogens (tertiary/aromatic N) is 1. The fourth-order valence-electron chi connectivity index (χ4n) is 3.79. The molecule has 0 fully saturated rings. The van der Waals surface area contributed by atoms with Gasteiger partial charge in [0.1, 0.15) is 12.2 Å². The highest BCUT2D eigenvalue weighted by Crippen LogP contribution is 2.27. The van der Waals surface area contributed by atoms with Gasteiger partial charge in [0, 0.05) is 22.5 Å². The molecule has 0 aliphatic rings. The standard InChI is InChI=1S/C28H30N4O6/c1-3-23(19-7-5-9-21(29)15-19)37-27(35)32(26(34)18-13-11-17(12-14-18)25(31)33)28(36)38-24(4-2)20-8-6-10-22(30)16-20/h5-16,23-24H,3-4,29-30H2,1-2H3,(H2,31,33). The van der Waals surface area contributed by atoms with E-state index in [0.717, 1.165) is 0 Å². The molecule has 38 heavy (non-hydrogen) atoms. The largest absolute Gasteiger partial charge is 0.441 e. The van der Waals surface area contributed by atoms with Gasteiger partial charge in [-0.05, 0) is 72.5 Å². The van der Waals surface area contributed by atoms with E-state index < -0.39 is 36.2 Å². The summed E-state index contributed by atoms with van der Waals surface area (Å²) in [5, 5.41) is 0. The Bertz CT molecular complexity index is 1260. The van der Waals surface area contributed by atoms with Crippen LogP contribution in [-0.2, 0) is 9.47 Å². The zero-order valence-electron chi connectivity index (χ0n) is 21.1. The fraction of sp³-hybridized carbons (Fsp3) is 0.214. The SMILES string of the molecule is CCC(OC(=O)N(C(=O)OC(CC)c1cccc(N)c1)C(=O)c1ccc(C(N)=O)cc1)c1cccc(N)c1. The molecule has 10 heteroatoms. The quantitative estimate of drug-likeness (QED) is 0.351. The molecule has 0 bridgehead atoms. The van der Waals surface area contributed by atoms with Gasteiger partial charge in [0.2, 0.25) is 5.91 Å². The van der Waals surface area contributed by atoms with Crippen LogP contribution in [-0.4, -0.2) is 28.9 Å². The Hall–Kier alpha value is -4.86. The summed E-state index contributed by atoms with van der Waals surface area (Å²) in [5.41, 5.74) is 19.2. The van der Waals surface area contributed by atoms with Gasteiger partial charge in [-0.15, -0.1) is 4.90 Å². The number of primary amides is 1. The predicted octanol–water partition coefficient (Wildman–Crippen LogP) is 4.97. The van der Waals surface area contributed by atoms with E-state index in [2.05, 4.69) is 0 Å². The molecule has 0 saturated heterocycles. The van der Waals surface area contributed by atoms with Gasteiger partial charge in [-0.25, -0.2) is 9.59 Å². The van der Waals surface area contributed by atoms with Gasteiger partial charge in [0.05, 0.1) is 0 Å². The van der Waals surface area contributed by atoms with Crippen LogP contribution in [0.4, 0.5) is 21.0 Å². The summed E-state index contributed by atoms with van der Waals surface area (Å²) in [4.78, 5) is 51.8.